The third-order valence-corrected chi connectivity index (χ3v) is 8.00. The topological polar surface area (TPSA) is 94.0 Å². The van der Waals surface area contributed by atoms with Gasteiger partial charge in [0.1, 0.15) is 12.2 Å². The highest BCUT2D eigenvalue weighted by Crippen LogP contribution is 2.30. The second kappa shape index (κ2) is 11.1. The maximum Gasteiger partial charge on any atom is 0.332 e. The Hall–Kier alpha value is -4.70. The summed E-state index contributed by atoms with van der Waals surface area (Å²) >= 11 is 0. The fourth-order valence-corrected chi connectivity index (χ4v) is 5.84. The first kappa shape index (κ1) is 26.5. The van der Waals surface area contributed by atoms with Gasteiger partial charge in [0.25, 0.3) is 0 Å². The summed E-state index contributed by atoms with van der Waals surface area (Å²) < 4.78 is 1.96. The van der Waals surface area contributed by atoms with Crippen molar-refractivity contribution >= 4 is 28.9 Å². The van der Waals surface area contributed by atoms with E-state index in [0.717, 1.165) is 27.7 Å². The summed E-state index contributed by atoms with van der Waals surface area (Å²) in [5, 5.41) is 6.18. The normalized spacial score (nSPS) is 19.1. The zero-order valence-corrected chi connectivity index (χ0v) is 23.2. The van der Waals surface area contributed by atoms with Crippen molar-refractivity contribution < 1.29 is 14.4 Å². The van der Waals surface area contributed by atoms with Gasteiger partial charge < -0.3 is 19.7 Å². The predicted octanol–water partition coefficient (Wildman–Crippen LogP) is 2.75. The molecule has 1 N–H and O–H groups in total. The maximum absolute atomic E-state index is 14.0. The minimum Gasteiger partial charge on any atom is -0.334 e. The van der Waals surface area contributed by atoms with Crippen LogP contribution in [0.15, 0.2) is 85.2 Å². The molecule has 3 heterocycles. The highest BCUT2D eigenvalue weighted by atomic mass is 16.2. The summed E-state index contributed by atoms with van der Waals surface area (Å²) in [6.07, 6.45) is 1.68. The van der Waals surface area contributed by atoms with Gasteiger partial charge in [-0.2, -0.15) is 5.01 Å². The van der Waals surface area contributed by atoms with Crippen molar-refractivity contribution in [3.8, 4) is 0 Å². The summed E-state index contributed by atoms with van der Waals surface area (Å²) in [7, 11) is 3.61. The van der Waals surface area contributed by atoms with Crippen LogP contribution in [0.2, 0.25) is 0 Å². The summed E-state index contributed by atoms with van der Waals surface area (Å²) in [5.41, 5.74) is 4.73. The van der Waals surface area contributed by atoms with E-state index in [1.165, 1.54) is 5.01 Å². The number of rotatable bonds is 7. The Balaban J connectivity index is 1.28. The first-order valence-corrected chi connectivity index (χ1v) is 13.8. The van der Waals surface area contributed by atoms with Crippen molar-refractivity contribution in [2.75, 3.05) is 20.1 Å². The van der Waals surface area contributed by atoms with Crippen LogP contribution < -0.4 is 5.32 Å². The number of urea groups is 1. The van der Waals surface area contributed by atoms with E-state index in [-0.39, 0.29) is 30.9 Å². The zero-order chi connectivity index (χ0) is 28.5. The Labute approximate surface area is 238 Å². The number of aryl methyl sites for hydroxylation is 1. The van der Waals surface area contributed by atoms with E-state index in [1.54, 1.807) is 28.2 Å². The molecule has 0 radical (unpaired) electrons. The van der Waals surface area contributed by atoms with E-state index in [4.69, 9.17) is 0 Å². The van der Waals surface area contributed by atoms with Gasteiger partial charge in [-0.3, -0.25) is 14.6 Å². The molecule has 0 bridgehead atoms. The van der Waals surface area contributed by atoms with Gasteiger partial charge in [-0.15, -0.1) is 0 Å². The number of amides is 4. The number of aromatic nitrogens is 2. The average Bonchev–Trinajstić information content (AvgIpc) is 3.54. The number of para-hydroxylation sites is 1. The number of benzene rings is 3. The van der Waals surface area contributed by atoms with Gasteiger partial charge in [-0.25, -0.2) is 9.78 Å². The number of hydrogen-bond donors (Lipinski definition) is 1. The second-order valence-electron chi connectivity index (χ2n) is 10.6. The molecule has 2 fully saturated rings. The Morgan fingerprint density at radius 3 is 2.41 bits per heavy atom. The molecule has 2 saturated heterocycles. The van der Waals surface area contributed by atoms with Gasteiger partial charge in [0.15, 0.2) is 0 Å². The largest absolute Gasteiger partial charge is 0.334 e. The lowest BCUT2D eigenvalue weighted by Gasteiger charge is -2.45. The molecule has 2 aliphatic heterocycles. The van der Waals surface area contributed by atoms with Crippen molar-refractivity contribution in [3.05, 3.63) is 102 Å². The van der Waals surface area contributed by atoms with Crippen LogP contribution in [0, 0.1) is 0 Å². The summed E-state index contributed by atoms with van der Waals surface area (Å²) in [6, 6.07) is 24.4. The number of carbonyl (C=O) groups is 3. The lowest BCUT2D eigenvalue weighted by Crippen LogP contribution is -2.65. The molecule has 10 nitrogen and oxygen atoms in total. The molecular formula is C31H33N7O3. The molecule has 0 aliphatic carbocycles. The van der Waals surface area contributed by atoms with E-state index in [1.807, 2.05) is 90.5 Å². The van der Waals surface area contributed by atoms with Crippen LogP contribution in [0.5, 0.6) is 0 Å². The second-order valence-corrected chi connectivity index (χ2v) is 10.6. The number of nitrogens with one attached hydrogen (secondary N) is 1. The molecule has 3 aromatic carbocycles. The fraction of sp³-hybridized carbons (Fsp3) is 0.290. The van der Waals surface area contributed by atoms with Gasteiger partial charge in [-0.1, -0.05) is 72.8 Å². The molecule has 0 unspecified atom stereocenters. The first-order valence-electron chi connectivity index (χ1n) is 13.8. The van der Waals surface area contributed by atoms with Gasteiger partial charge in [-0.05, 0) is 22.8 Å². The molecule has 41 heavy (non-hydrogen) atoms. The van der Waals surface area contributed by atoms with E-state index in [9.17, 15) is 14.4 Å². The van der Waals surface area contributed by atoms with Crippen LogP contribution in [-0.4, -0.2) is 79.6 Å². The summed E-state index contributed by atoms with van der Waals surface area (Å²) in [5.74, 6) is -0.275. The molecule has 0 saturated carbocycles. The molecule has 4 amide bonds. The number of nitrogens with zero attached hydrogens (tertiary/aromatic N) is 6. The number of imidazole rings is 1. The Morgan fingerprint density at radius 2 is 1.68 bits per heavy atom. The third-order valence-electron chi connectivity index (χ3n) is 8.00. The highest BCUT2D eigenvalue weighted by molar-refractivity contribution is 5.92. The Kier molecular flexibility index (Phi) is 7.15. The number of piperazine rings is 1. The molecule has 2 aliphatic rings. The molecule has 2 atom stereocenters. The van der Waals surface area contributed by atoms with Crippen molar-refractivity contribution in [1.29, 1.82) is 0 Å². The number of carbonyl (C=O) groups excluding carboxylic acids is 3. The maximum atomic E-state index is 14.0. The van der Waals surface area contributed by atoms with Crippen molar-refractivity contribution in [3.63, 3.8) is 0 Å². The Morgan fingerprint density at radius 1 is 0.976 bits per heavy atom. The van der Waals surface area contributed by atoms with Crippen molar-refractivity contribution in [2.24, 2.45) is 7.05 Å². The molecule has 1 aromatic heterocycles. The van der Waals surface area contributed by atoms with E-state index in [0.29, 0.717) is 19.5 Å². The van der Waals surface area contributed by atoms with Gasteiger partial charge >= 0.3 is 6.03 Å². The highest BCUT2D eigenvalue weighted by Gasteiger charge is 2.51. The van der Waals surface area contributed by atoms with Crippen LogP contribution in [0.4, 0.5) is 4.79 Å². The average molecular weight is 552 g/mol. The van der Waals surface area contributed by atoms with Gasteiger partial charge in [0.2, 0.25) is 11.8 Å². The monoisotopic (exact) mass is 551 g/mol. The standard InChI is InChI=1S/C31H33N7O3/c1-34-21-33-29-24(14-9-15-25(29)34)18-36-19-27-37(35(2)31(41)32-17-23-12-7-4-8-13-23)20-28(39)38(27)26(30(36)40)16-22-10-5-3-6-11-22/h3-15,21,26-27H,16-20H2,1-2H3,(H,32,41)/t26-,27+/m0/s1. The van der Waals surface area contributed by atoms with Gasteiger partial charge in [0.05, 0.1) is 30.5 Å². The quantitative estimate of drug-likeness (QED) is 0.381. The molecule has 4 aromatic rings. The van der Waals surface area contributed by atoms with E-state index < -0.39 is 12.2 Å². The minimum absolute atomic E-state index is 0.0160. The van der Waals surface area contributed by atoms with Crippen LogP contribution in [0.3, 0.4) is 0 Å². The SMILES string of the molecule is CN(C(=O)NCc1ccccc1)N1CC(=O)N2[C@@H](Cc3ccccc3)C(=O)N(Cc3cccc4c3ncn4C)C[C@@H]21. The van der Waals surface area contributed by atoms with Crippen LogP contribution in [0.25, 0.3) is 11.0 Å². The van der Waals surface area contributed by atoms with Crippen molar-refractivity contribution in [2.45, 2.75) is 31.7 Å². The van der Waals surface area contributed by atoms with E-state index >= 15 is 0 Å². The molecular weight excluding hydrogens is 518 g/mol. The molecule has 6 rings (SSSR count). The van der Waals surface area contributed by atoms with E-state index in [2.05, 4.69) is 10.3 Å². The molecule has 0 spiro atoms. The number of hydrogen-bond acceptors (Lipinski definition) is 5. The smallest absolute Gasteiger partial charge is 0.332 e. The van der Waals surface area contributed by atoms with Crippen LogP contribution in [0.1, 0.15) is 16.7 Å². The first-order chi connectivity index (χ1) is 19.9. The zero-order valence-electron chi connectivity index (χ0n) is 23.2. The number of hydrazine groups is 1. The summed E-state index contributed by atoms with van der Waals surface area (Å²) in [4.78, 5) is 48.7. The molecule has 10 heteroatoms. The fourth-order valence-electron chi connectivity index (χ4n) is 5.84. The summed E-state index contributed by atoms with van der Waals surface area (Å²) in [6.45, 7) is 1.02. The third kappa shape index (κ3) is 5.14. The minimum atomic E-state index is -0.683. The molecule has 210 valence electrons. The van der Waals surface area contributed by atoms with Gasteiger partial charge in [0, 0.05) is 33.6 Å². The lowest BCUT2D eigenvalue weighted by molar-refractivity contribution is -0.157. The lowest BCUT2D eigenvalue weighted by atomic mass is 10.00. The van der Waals surface area contributed by atoms with Crippen LogP contribution >= 0.6 is 0 Å². The number of fused-ring (bicyclic) bond motifs is 2. The van der Waals surface area contributed by atoms with Crippen molar-refractivity contribution in [1.82, 2.24) is 34.7 Å². The Bertz CT molecular complexity index is 1570. The predicted molar refractivity (Wildman–Crippen MR) is 154 cm³/mol. The van der Waals surface area contributed by atoms with Crippen LogP contribution in [-0.2, 0) is 36.1 Å².